The van der Waals surface area contributed by atoms with Crippen LogP contribution in [0.5, 0.6) is 0 Å². The smallest absolute Gasteiger partial charge is 0.0128 e. The maximum Gasteiger partial charge on any atom is -0.0128 e. The predicted molar refractivity (Wildman–Crippen MR) is 45.6 cm³/mol. The first-order valence-electron chi connectivity index (χ1n) is 4.53. The van der Waals surface area contributed by atoms with Gasteiger partial charge in [-0.05, 0) is 42.2 Å². The van der Waals surface area contributed by atoms with Crippen LogP contribution in [-0.2, 0) is 6.42 Å². The summed E-state index contributed by atoms with van der Waals surface area (Å²) < 4.78 is 0. The number of benzene rings is 1. The van der Waals surface area contributed by atoms with Crippen LogP contribution in [0.4, 0.5) is 0 Å². The van der Waals surface area contributed by atoms with Crippen LogP contribution in [0.2, 0.25) is 0 Å². The minimum absolute atomic E-state index is 0.958. The van der Waals surface area contributed by atoms with Gasteiger partial charge in [-0.1, -0.05) is 24.3 Å². The molecule has 0 radical (unpaired) electrons. The van der Waals surface area contributed by atoms with Crippen LogP contribution >= 0.6 is 0 Å². The molecule has 0 bridgehead atoms. The maximum absolute atomic E-state index is 2.32. The second-order valence-electron chi connectivity index (χ2n) is 3.84. The molecular formula is C11H12. The van der Waals surface area contributed by atoms with Gasteiger partial charge in [0.15, 0.2) is 0 Å². The Hall–Kier alpha value is -0.780. The molecule has 1 aromatic rings. The average molecular weight is 144 g/mol. The summed E-state index contributed by atoms with van der Waals surface area (Å²) in [4.78, 5) is 0. The van der Waals surface area contributed by atoms with Gasteiger partial charge in [0.25, 0.3) is 0 Å². The van der Waals surface area contributed by atoms with E-state index in [2.05, 4.69) is 24.3 Å². The molecule has 3 rings (SSSR count). The fraction of sp³-hybridized carbons (Fsp3) is 0.455. The SMILES string of the molecule is c1ccc2c(c1)CCC1C[C@@H]21. The van der Waals surface area contributed by atoms with Crippen molar-refractivity contribution in [2.24, 2.45) is 5.92 Å². The van der Waals surface area contributed by atoms with Gasteiger partial charge in [0, 0.05) is 0 Å². The summed E-state index contributed by atoms with van der Waals surface area (Å²) in [7, 11) is 0. The standard InChI is InChI=1S/C11H12/c1-2-4-10-8(3-1)5-6-9-7-11(9)10/h1-4,9,11H,5-7H2/t9?,11-/m1/s1. The van der Waals surface area contributed by atoms with E-state index in [1.807, 2.05) is 0 Å². The molecule has 0 aromatic heterocycles. The van der Waals surface area contributed by atoms with Crippen molar-refractivity contribution in [3.8, 4) is 0 Å². The largest absolute Gasteiger partial charge is 0.0620 e. The highest BCUT2D eigenvalue weighted by Crippen LogP contribution is 2.54. The Morgan fingerprint density at radius 2 is 2.09 bits per heavy atom. The molecule has 0 heteroatoms. The Balaban J connectivity index is 2.14. The van der Waals surface area contributed by atoms with Crippen LogP contribution in [0, 0.1) is 5.92 Å². The molecule has 1 unspecified atom stereocenters. The summed E-state index contributed by atoms with van der Waals surface area (Å²) in [5.41, 5.74) is 3.27. The molecule has 1 fully saturated rings. The van der Waals surface area contributed by atoms with Gasteiger partial charge in [0.2, 0.25) is 0 Å². The minimum atomic E-state index is 0.958. The lowest BCUT2D eigenvalue weighted by atomic mass is 9.92. The molecule has 2 aliphatic rings. The molecule has 0 heterocycles. The summed E-state index contributed by atoms with van der Waals surface area (Å²) in [6.07, 6.45) is 4.25. The quantitative estimate of drug-likeness (QED) is 0.525. The molecule has 11 heavy (non-hydrogen) atoms. The van der Waals surface area contributed by atoms with Crippen LogP contribution in [0.1, 0.15) is 29.9 Å². The zero-order valence-electron chi connectivity index (χ0n) is 6.59. The second kappa shape index (κ2) is 1.88. The maximum atomic E-state index is 2.32. The fourth-order valence-corrected chi connectivity index (χ4v) is 2.41. The second-order valence-corrected chi connectivity index (χ2v) is 3.84. The molecule has 56 valence electrons. The van der Waals surface area contributed by atoms with Crippen molar-refractivity contribution < 1.29 is 0 Å². The lowest BCUT2D eigenvalue weighted by molar-refractivity contribution is 0.667. The van der Waals surface area contributed by atoms with Crippen molar-refractivity contribution in [2.45, 2.75) is 25.2 Å². The Bertz CT molecular complexity index is 288. The number of hydrogen-bond acceptors (Lipinski definition) is 0. The highest BCUT2D eigenvalue weighted by Gasteiger charge is 2.41. The first-order valence-corrected chi connectivity index (χ1v) is 4.53. The molecule has 2 aliphatic carbocycles. The van der Waals surface area contributed by atoms with E-state index >= 15 is 0 Å². The molecule has 0 N–H and O–H groups in total. The summed E-state index contributed by atoms with van der Waals surface area (Å²) in [5.74, 6) is 2.02. The van der Waals surface area contributed by atoms with Gasteiger partial charge in [-0.25, -0.2) is 0 Å². The van der Waals surface area contributed by atoms with Crippen molar-refractivity contribution >= 4 is 0 Å². The summed E-state index contributed by atoms with van der Waals surface area (Å²) in [6, 6.07) is 8.96. The Morgan fingerprint density at radius 1 is 1.18 bits per heavy atom. The fourth-order valence-electron chi connectivity index (χ4n) is 2.41. The van der Waals surface area contributed by atoms with Gasteiger partial charge in [-0.15, -0.1) is 0 Å². The number of hydrogen-bond donors (Lipinski definition) is 0. The monoisotopic (exact) mass is 144 g/mol. The molecule has 0 spiro atoms. The van der Waals surface area contributed by atoms with Crippen LogP contribution in [-0.4, -0.2) is 0 Å². The number of aryl methyl sites for hydroxylation is 1. The molecule has 0 aliphatic heterocycles. The van der Waals surface area contributed by atoms with Crippen molar-refractivity contribution in [3.05, 3.63) is 35.4 Å². The van der Waals surface area contributed by atoms with Crippen LogP contribution < -0.4 is 0 Å². The van der Waals surface area contributed by atoms with Crippen molar-refractivity contribution in [1.82, 2.24) is 0 Å². The molecular weight excluding hydrogens is 132 g/mol. The molecule has 2 atom stereocenters. The van der Waals surface area contributed by atoms with Gasteiger partial charge in [0.05, 0.1) is 0 Å². The Kier molecular flexibility index (Phi) is 0.993. The zero-order valence-corrected chi connectivity index (χ0v) is 6.59. The number of fused-ring (bicyclic) bond motifs is 3. The van der Waals surface area contributed by atoms with E-state index in [-0.39, 0.29) is 0 Å². The lowest BCUT2D eigenvalue weighted by Crippen LogP contribution is -2.00. The summed E-state index contributed by atoms with van der Waals surface area (Å²) >= 11 is 0. The zero-order chi connectivity index (χ0) is 7.26. The first kappa shape index (κ1) is 5.82. The summed E-state index contributed by atoms with van der Waals surface area (Å²) in [5, 5.41) is 0. The topological polar surface area (TPSA) is 0 Å². The first-order chi connectivity index (χ1) is 5.45. The average Bonchev–Trinajstić information content (AvgIpc) is 2.83. The van der Waals surface area contributed by atoms with Crippen molar-refractivity contribution in [2.75, 3.05) is 0 Å². The third kappa shape index (κ3) is 0.756. The normalized spacial score (nSPS) is 32.4. The molecule has 1 aromatic carbocycles. The van der Waals surface area contributed by atoms with E-state index < -0.39 is 0 Å². The van der Waals surface area contributed by atoms with E-state index in [0.29, 0.717) is 0 Å². The van der Waals surface area contributed by atoms with E-state index in [4.69, 9.17) is 0 Å². The highest BCUT2D eigenvalue weighted by molar-refractivity contribution is 5.37. The van der Waals surface area contributed by atoms with E-state index in [1.54, 1.807) is 11.1 Å². The lowest BCUT2D eigenvalue weighted by Gasteiger charge is -2.13. The Labute approximate surface area is 67.2 Å². The van der Waals surface area contributed by atoms with E-state index in [9.17, 15) is 0 Å². The third-order valence-electron chi connectivity index (χ3n) is 3.16. The molecule has 0 amide bonds. The number of rotatable bonds is 0. The van der Waals surface area contributed by atoms with Gasteiger partial charge in [-0.2, -0.15) is 0 Å². The molecule has 0 saturated heterocycles. The third-order valence-corrected chi connectivity index (χ3v) is 3.16. The Morgan fingerprint density at radius 3 is 3.09 bits per heavy atom. The van der Waals surface area contributed by atoms with Crippen molar-refractivity contribution in [3.63, 3.8) is 0 Å². The van der Waals surface area contributed by atoms with Gasteiger partial charge in [-0.3, -0.25) is 0 Å². The minimum Gasteiger partial charge on any atom is -0.0620 e. The van der Waals surface area contributed by atoms with Crippen molar-refractivity contribution in [1.29, 1.82) is 0 Å². The van der Waals surface area contributed by atoms with Crippen LogP contribution in [0.25, 0.3) is 0 Å². The predicted octanol–water partition coefficient (Wildman–Crippen LogP) is 2.74. The van der Waals surface area contributed by atoms with Gasteiger partial charge >= 0.3 is 0 Å². The van der Waals surface area contributed by atoms with Crippen LogP contribution in [0.3, 0.4) is 0 Å². The van der Waals surface area contributed by atoms with Crippen LogP contribution in [0.15, 0.2) is 24.3 Å². The summed E-state index contributed by atoms with van der Waals surface area (Å²) in [6.45, 7) is 0. The van der Waals surface area contributed by atoms with Gasteiger partial charge < -0.3 is 0 Å². The van der Waals surface area contributed by atoms with E-state index in [0.717, 1.165) is 11.8 Å². The molecule has 1 saturated carbocycles. The highest BCUT2D eigenvalue weighted by atomic mass is 14.5. The molecule has 0 nitrogen and oxygen atoms in total. The van der Waals surface area contributed by atoms with E-state index in [1.165, 1.54) is 19.3 Å². The van der Waals surface area contributed by atoms with Gasteiger partial charge in [0.1, 0.15) is 0 Å².